The zero-order chi connectivity index (χ0) is 21.2. The van der Waals surface area contributed by atoms with E-state index in [-0.39, 0.29) is 16.8 Å². The number of pyridine rings is 1. The van der Waals surface area contributed by atoms with Crippen molar-refractivity contribution in [1.82, 2.24) is 9.88 Å². The van der Waals surface area contributed by atoms with Crippen molar-refractivity contribution in [1.29, 1.82) is 0 Å². The molecule has 1 aliphatic carbocycles. The van der Waals surface area contributed by atoms with E-state index in [0.29, 0.717) is 49.2 Å². The van der Waals surface area contributed by atoms with Gasteiger partial charge >= 0.3 is 0 Å². The topological polar surface area (TPSA) is 77.4 Å². The number of Topliss-reactive ketones (excluding diaryl/α,β-unsaturated/α-hetero) is 1. The van der Waals surface area contributed by atoms with Gasteiger partial charge in [0.1, 0.15) is 11.4 Å². The van der Waals surface area contributed by atoms with Crippen molar-refractivity contribution < 1.29 is 18.7 Å². The van der Waals surface area contributed by atoms with Crippen molar-refractivity contribution >= 4 is 11.7 Å². The van der Waals surface area contributed by atoms with Crippen molar-refractivity contribution in [2.45, 2.75) is 33.1 Å². The summed E-state index contributed by atoms with van der Waals surface area (Å²) in [4.78, 5) is 39.0. The normalized spacial score (nSPS) is 15.1. The Morgan fingerprint density at radius 1 is 1.21 bits per heavy atom. The molecule has 0 radical (unpaired) electrons. The van der Waals surface area contributed by atoms with Gasteiger partial charge in [0.05, 0.1) is 0 Å². The quantitative estimate of drug-likeness (QED) is 0.757. The first-order valence-electron chi connectivity index (χ1n) is 9.58. The molecule has 1 aromatic carbocycles. The van der Waals surface area contributed by atoms with Crippen molar-refractivity contribution in [3.8, 4) is 5.69 Å². The molecular weight excluding hydrogens is 375 g/mol. The fourth-order valence-electron chi connectivity index (χ4n) is 3.68. The number of hydrogen-bond donors (Lipinski definition) is 1. The second kappa shape index (κ2) is 8.29. The van der Waals surface area contributed by atoms with Crippen LogP contribution in [0.5, 0.6) is 0 Å². The van der Waals surface area contributed by atoms with E-state index in [9.17, 15) is 18.8 Å². The molecule has 0 atom stereocenters. The Morgan fingerprint density at radius 2 is 1.90 bits per heavy atom. The molecule has 0 spiro atoms. The third kappa shape index (κ3) is 4.45. The van der Waals surface area contributed by atoms with Gasteiger partial charge in [0.25, 0.3) is 11.5 Å². The molecule has 0 bridgehead atoms. The van der Waals surface area contributed by atoms with Gasteiger partial charge in [-0.25, -0.2) is 4.39 Å². The van der Waals surface area contributed by atoms with Crippen LogP contribution in [-0.2, 0) is 11.2 Å². The molecule has 1 N–H and O–H groups in total. The van der Waals surface area contributed by atoms with Crippen LogP contribution in [0.3, 0.4) is 0 Å². The second-order valence-electron chi connectivity index (χ2n) is 8.09. The molecule has 0 aliphatic heterocycles. The molecule has 154 valence electrons. The van der Waals surface area contributed by atoms with E-state index < -0.39 is 17.3 Å². The van der Waals surface area contributed by atoms with Gasteiger partial charge in [0.2, 0.25) is 0 Å². The van der Waals surface area contributed by atoms with Crippen LogP contribution in [0.2, 0.25) is 0 Å². The Bertz CT molecular complexity index is 993. The summed E-state index contributed by atoms with van der Waals surface area (Å²) in [5.74, 6) is -1.06. The summed E-state index contributed by atoms with van der Waals surface area (Å²) in [7, 11) is 1.57. The van der Waals surface area contributed by atoms with Gasteiger partial charge in [-0.15, -0.1) is 0 Å². The molecule has 0 unspecified atom stereocenters. The standard InChI is InChI=1S/C22H25FN2O4/c1-22(2)11-16-17(18(26)12-22)13-25(15-7-5-14(23)6-8-15)21(28)19(16)20(27)24-9-4-10-29-3/h5-8,13H,4,9-12H2,1-3H3,(H,24,27). The Kier molecular flexibility index (Phi) is 5.98. The summed E-state index contributed by atoms with van der Waals surface area (Å²) in [6.45, 7) is 4.72. The molecule has 29 heavy (non-hydrogen) atoms. The highest BCUT2D eigenvalue weighted by Gasteiger charge is 2.35. The number of rotatable bonds is 6. The van der Waals surface area contributed by atoms with Gasteiger partial charge in [0.15, 0.2) is 5.78 Å². The number of methoxy groups -OCH3 is 1. The number of aromatic nitrogens is 1. The minimum Gasteiger partial charge on any atom is -0.385 e. The number of hydrogen-bond acceptors (Lipinski definition) is 4. The van der Waals surface area contributed by atoms with E-state index in [1.165, 1.54) is 35.0 Å². The highest BCUT2D eigenvalue weighted by molar-refractivity contribution is 6.04. The average molecular weight is 400 g/mol. The molecule has 1 heterocycles. The molecule has 1 aliphatic rings. The highest BCUT2D eigenvalue weighted by Crippen LogP contribution is 2.35. The van der Waals surface area contributed by atoms with Gasteiger partial charge in [-0.2, -0.15) is 0 Å². The van der Waals surface area contributed by atoms with Crippen LogP contribution in [-0.4, -0.2) is 36.5 Å². The summed E-state index contributed by atoms with van der Waals surface area (Å²) < 4.78 is 19.5. The van der Waals surface area contributed by atoms with Gasteiger partial charge in [-0.1, -0.05) is 13.8 Å². The monoisotopic (exact) mass is 400 g/mol. The largest absolute Gasteiger partial charge is 0.385 e. The maximum atomic E-state index is 13.3. The summed E-state index contributed by atoms with van der Waals surface area (Å²) in [6, 6.07) is 5.36. The van der Waals surface area contributed by atoms with Gasteiger partial charge < -0.3 is 10.1 Å². The number of ketones is 1. The first-order valence-corrected chi connectivity index (χ1v) is 9.58. The fraction of sp³-hybridized carbons (Fsp3) is 0.409. The first kappa shape index (κ1) is 20.9. The third-order valence-electron chi connectivity index (χ3n) is 5.06. The lowest BCUT2D eigenvalue weighted by Gasteiger charge is -2.31. The molecule has 1 aromatic heterocycles. The summed E-state index contributed by atoms with van der Waals surface area (Å²) >= 11 is 0. The number of halogens is 1. The fourth-order valence-corrected chi connectivity index (χ4v) is 3.68. The van der Waals surface area contributed by atoms with Crippen LogP contribution >= 0.6 is 0 Å². The van der Waals surface area contributed by atoms with Crippen LogP contribution in [0.1, 0.15) is 53.0 Å². The lowest BCUT2D eigenvalue weighted by molar-refractivity contribution is 0.0908. The van der Waals surface area contributed by atoms with E-state index in [4.69, 9.17) is 4.74 Å². The molecule has 7 heteroatoms. The second-order valence-corrected chi connectivity index (χ2v) is 8.09. The average Bonchev–Trinajstić information content (AvgIpc) is 2.65. The minimum atomic E-state index is -0.523. The molecule has 0 saturated carbocycles. The number of fused-ring (bicyclic) bond motifs is 1. The smallest absolute Gasteiger partial charge is 0.268 e. The van der Waals surface area contributed by atoms with Crippen molar-refractivity contribution in [3.63, 3.8) is 0 Å². The SMILES string of the molecule is COCCCNC(=O)c1c2c(cn(-c3ccc(F)cc3)c1=O)C(=O)CC(C)(C)C2. The number of benzene rings is 1. The number of carbonyl (C=O) groups is 2. The van der Waals surface area contributed by atoms with Crippen molar-refractivity contribution in [2.24, 2.45) is 5.41 Å². The minimum absolute atomic E-state index is 0.0228. The predicted octanol–water partition coefficient (Wildman–Crippen LogP) is 2.90. The number of amides is 1. The van der Waals surface area contributed by atoms with Crippen LogP contribution < -0.4 is 10.9 Å². The van der Waals surface area contributed by atoms with Gasteiger partial charge in [0, 0.05) is 44.1 Å². The first-order chi connectivity index (χ1) is 13.7. The lowest BCUT2D eigenvalue weighted by atomic mass is 9.73. The van der Waals surface area contributed by atoms with Crippen LogP contribution in [0.15, 0.2) is 35.3 Å². The molecule has 0 fully saturated rings. The van der Waals surface area contributed by atoms with E-state index in [0.717, 1.165) is 0 Å². The number of carbonyl (C=O) groups excluding carboxylic acids is 2. The Hall–Kier alpha value is -2.80. The van der Waals surface area contributed by atoms with Crippen LogP contribution in [0.4, 0.5) is 4.39 Å². The van der Waals surface area contributed by atoms with E-state index >= 15 is 0 Å². The van der Waals surface area contributed by atoms with Crippen molar-refractivity contribution in [3.05, 3.63) is 63.3 Å². The maximum Gasteiger partial charge on any atom is 0.268 e. The van der Waals surface area contributed by atoms with Crippen molar-refractivity contribution in [2.75, 3.05) is 20.3 Å². The highest BCUT2D eigenvalue weighted by atomic mass is 19.1. The number of ether oxygens (including phenoxy) is 1. The van der Waals surface area contributed by atoms with Crippen LogP contribution in [0, 0.1) is 11.2 Å². The van der Waals surface area contributed by atoms with Gasteiger partial charge in [-0.3, -0.25) is 19.0 Å². The Labute approximate surface area is 168 Å². The Balaban J connectivity index is 2.13. The molecule has 2 aromatic rings. The molecule has 3 rings (SSSR count). The van der Waals surface area contributed by atoms with Crippen LogP contribution in [0.25, 0.3) is 5.69 Å². The predicted molar refractivity (Wildman–Crippen MR) is 107 cm³/mol. The van der Waals surface area contributed by atoms with E-state index in [2.05, 4.69) is 5.32 Å². The maximum absolute atomic E-state index is 13.3. The zero-order valence-corrected chi connectivity index (χ0v) is 16.9. The number of nitrogens with zero attached hydrogens (tertiary/aromatic N) is 1. The summed E-state index contributed by atoms with van der Waals surface area (Å²) in [6.07, 6.45) is 2.86. The molecule has 0 saturated heterocycles. The van der Waals surface area contributed by atoms with Gasteiger partial charge in [-0.05, 0) is 48.1 Å². The number of nitrogens with one attached hydrogen (secondary N) is 1. The lowest BCUT2D eigenvalue weighted by Crippen LogP contribution is -2.39. The third-order valence-corrected chi connectivity index (χ3v) is 5.06. The zero-order valence-electron chi connectivity index (χ0n) is 16.9. The Morgan fingerprint density at radius 3 is 2.55 bits per heavy atom. The summed E-state index contributed by atoms with van der Waals surface area (Å²) in [5, 5.41) is 2.75. The molecular formula is C22H25FN2O4. The summed E-state index contributed by atoms with van der Waals surface area (Å²) in [5.41, 5.74) is 0.360. The van der Waals surface area contributed by atoms with E-state index in [1.807, 2.05) is 13.8 Å². The molecule has 6 nitrogen and oxygen atoms in total. The molecule has 1 amide bonds. The van der Waals surface area contributed by atoms with E-state index in [1.54, 1.807) is 7.11 Å².